The fourth-order valence-electron chi connectivity index (χ4n) is 2.09. The van der Waals surface area contributed by atoms with Gasteiger partial charge in [-0.3, -0.25) is 4.79 Å². The number of nitrogens with two attached hydrogens (primary N) is 1. The van der Waals surface area contributed by atoms with Gasteiger partial charge in [0.15, 0.2) is 5.96 Å². The Morgan fingerprint density at radius 3 is 2.32 bits per heavy atom. The molecule has 0 aliphatic carbocycles. The van der Waals surface area contributed by atoms with Crippen LogP contribution >= 0.6 is 0 Å². The molecular formula is C18H31N5O4S. The molecule has 1 rings (SSSR count). The maximum absolute atomic E-state index is 12.0. The smallest absolute Gasteiger partial charge is 0.242 e. The molecule has 0 radical (unpaired) electrons. The molecule has 1 aromatic rings. The van der Waals surface area contributed by atoms with Crippen LogP contribution in [0.3, 0.4) is 0 Å². The topological polar surface area (TPSA) is 135 Å². The number of benzene rings is 1. The molecule has 0 heterocycles. The minimum absolute atomic E-state index is 0.0557. The van der Waals surface area contributed by atoms with E-state index in [4.69, 9.17) is 9.88 Å². The van der Waals surface area contributed by atoms with Gasteiger partial charge in [-0.05, 0) is 58.9 Å². The molecule has 10 heteroatoms. The Morgan fingerprint density at radius 2 is 1.82 bits per heavy atom. The van der Waals surface area contributed by atoms with E-state index in [9.17, 15) is 13.2 Å². The average molecular weight is 414 g/mol. The number of nitrogens with zero attached hydrogens (tertiary/aromatic N) is 1. The number of primary sulfonamides is 1. The van der Waals surface area contributed by atoms with Gasteiger partial charge in [0.2, 0.25) is 15.9 Å². The van der Waals surface area contributed by atoms with E-state index >= 15 is 0 Å². The average Bonchev–Trinajstić information content (AvgIpc) is 2.51. The van der Waals surface area contributed by atoms with Crippen LogP contribution in [0, 0.1) is 0 Å². The molecule has 1 amide bonds. The SMILES string of the molecule is CC(C)Oc1ccc(NC(=NCC(=O)NC(C)(C)C)NCCS(N)(=O)=O)cc1. The molecule has 0 aliphatic heterocycles. The third-order valence-corrected chi connectivity index (χ3v) is 3.84. The lowest BCUT2D eigenvalue weighted by Crippen LogP contribution is -2.42. The zero-order valence-electron chi connectivity index (χ0n) is 17.1. The second kappa shape index (κ2) is 10.3. The molecule has 0 bridgehead atoms. The van der Waals surface area contributed by atoms with Gasteiger partial charge >= 0.3 is 0 Å². The summed E-state index contributed by atoms with van der Waals surface area (Å²) in [5.74, 6) is 0.486. The zero-order chi connectivity index (χ0) is 21.4. The van der Waals surface area contributed by atoms with Gasteiger partial charge < -0.3 is 20.7 Å². The minimum Gasteiger partial charge on any atom is -0.491 e. The Labute approximate surface area is 167 Å². The van der Waals surface area contributed by atoms with E-state index in [1.54, 1.807) is 24.3 Å². The molecule has 0 unspecified atom stereocenters. The standard InChI is InChI=1S/C18H31N5O4S/c1-13(2)27-15-8-6-14(7-9-15)22-17(20-10-11-28(19,25)26)21-12-16(24)23-18(3,4)5/h6-9,13H,10-12H2,1-5H3,(H,23,24)(H2,19,25,26)(H2,20,21,22). The van der Waals surface area contributed by atoms with Crippen molar-refractivity contribution in [3.8, 4) is 5.75 Å². The van der Waals surface area contributed by atoms with Crippen LogP contribution in [0.2, 0.25) is 0 Å². The molecule has 0 fully saturated rings. The summed E-state index contributed by atoms with van der Waals surface area (Å²) < 4.78 is 27.8. The van der Waals surface area contributed by atoms with Gasteiger partial charge in [-0.2, -0.15) is 0 Å². The van der Waals surface area contributed by atoms with Crippen molar-refractivity contribution in [3.63, 3.8) is 0 Å². The highest BCUT2D eigenvalue weighted by atomic mass is 32.2. The monoisotopic (exact) mass is 413 g/mol. The van der Waals surface area contributed by atoms with Crippen molar-refractivity contribution in [3.05, 3.63) is 24.3 Å². The molecule has 0 spiro atoms. The van der Waals surface area contributed by atoms with Crippen LogP contribution in [-0.4, -0.2) is 50.8 Å². The minimum atomic E-state index is -3.61. The lowest BCUT2D eigenvalue weighted by atomic mass is 10.1. The van der Waals surface area contributed by atoms with Gasteiger partial charge in [0.05, 0.1) is 11.9 Å². The normalized spacial score (nSPS) is 12.6. The molecule has 0 aliphatic rings. The molecule has 5 N–H and O–H groups in total. The predicted molar refractivity (Wildman–Crippen MR) is 112 cm³/mol. The number of nitrogens with one attached hydrogen (secondary N) is 3. The van der Waals surface area contributed by atoms with Crippen molar-refractivity contribution in [2.45, 2.75) is 46.3 Å². The summed E-state index contributed by atoms with van der Waals surface area (Å²) in [5, 5.41) is 13.7. The second-order valence-corrected chi connectivity index (χ2v) is 9.31. The van der Waals surface area contributed by atoms with Gasteiger partial charge in [0.1, 0.15) is 12.3 Å². The van der Waals surface area contributed by atoms with E-state index in [-0.39, 0.29) is 42.4 Å². The first kappa shape index (κ1) is 23.7. The second-order valence-electron chi connectivity index (χ2n) is 7.57. The fourth-order valence-corrected chi connectivity index (χ4v) is 2.47. The quantitative estimate of drug-likeness (QED) is 0.371. The Morgan fingerprint density at radius 1 is 1.21 bits per heavy atom. The zero-order valence-corrected chi connectivity index (χ0v) is 17.9. The van der Waals surface area contributed by atoms with E-state index < -0.39 is 10.0 Å². The van der Waals surface area contributed by atoms with Gasteiger partial charge in [-0.1, -0.05) is 0 Å². The largest absolute Gasteiger partial charge is 0.491 e. The molecule has 0 saturated heterocycles. The van der Waals surface area contributed by atoms with Gasteiger partial charge in [0.25, 0.3) is 0 Å². The third-order valence-electron chi connectivity index (χ3n) is 3.06. The summed E-state index contributed by atoms with van der Waals surface area (Å²) in [5.41, 5.74) is 0.335. The molecule has 0 saturated carbocycles. The molecule has 0 aromatic heterocycles. The van der Waals surface area contributed by atoms with Crippen molar-refractivity contribution >= 4 is 27.6 Å². The van der Waals surface area contributed by atoms with E-state index in [0.29, 0.717) is 5.69 Å². The van der Waals surface area contributed by atoms with E-state index in [0.717, 1.165) is 5.75 Å². The van der Waals surface area contributed by atoms with Crippen LogP contribution in [0.25, 0.3) is 0 Å². The number of sulfonamides is 1. The summed E-state index contributed by atoms with van der Waals surface area (Å²) in [6.45, 7) is 9.44. The van der Waals surface area contributed by atoms with Crippen LogP contribution in [0.5, 0.6) is 5.75 Å². The number of anilines is 1. The van der Waals surface area contributed by atoms with Crippen molar-refractivity contribution in [2.24, 2.45) is 10.1 Å². The fraction of sp³-hybridized carbons (Fsp3) is 0.556. The number of hydrogen-bond donors (Lipinski definition) is 4. The molecular weight excluding hydrogens is 382 g/mol. The highest BCUT2D eigenvalue weighted by molar-refractivity contribution is 7.89. The van der Waals surface area contributed by atoms with Crippen LogP contribution in [0.4, 0.5) is 5.69 Å². The van der Waals surface area contributed by atoms with Crippen molar-refractivity contribution < 1.29 is 17.9 Å². The Hall–Kier alpha value is -2.33. The summed E-state index contributed by atoms with van der Waals surface area (Å²) in [6.07, 6.45) is 0.0668. The number of guanidine groups is 1. The number of carbonyl (C=O) groups excluding carboxylic acids is 1. The van der Waals surface area contributed by atoms with Crippen LogP contribution in [0.1, 0.15) is 34.6 Å². The number of rotatable bonds is 8. The molecule has 0 atom stereocenters. The third kappa shape index (κ3) is 11.4. The van der Waals surface area contributed by atoms with Crippen LogP contribution in [0.15, 0.2) is 29.3 Å². The van der Waals surface area contributed by atoms with Gasteiger partial charge in [-0.25, -0.2) is 18.5 Å². The molecule has 9 nitrogen and oxygen atoms in total. The number of hydrogen-bond acceptors (Lipinski definition) is 5. The number of amides is 1. The van der Waals surface area contributed by atoms with E-state index in [1.807, 2.05) is 34.6 Å². The number of aliphatic imine (C=N–C) groups is 1. The number of carbonyl (C=O) groups is 1. The Kier molecular flexibility index (Phi) is 8.70. The van der Waals surface area contributed by atoms with Crippen molar-refractivity contribution in [1.82, 2.24) is 10.6 Å². The highest BCUT2D eigenvalue weighted by Crippen LogP contribution is 2.16. The molecule has 158 valence electrons. The first-order chi connectivity index (χ1) is 12.8. The summed E-state index contributed by atoms with van der Waals surface area (Å²) >= 11 is 0. The maximum atomic E-state index is 12.0. The summed E-state index contributed by atoms with van der Waals surface area (Å²) in [6, 6.07) is 7.20. The van der Waals surface area contributed by atoms with E-state index in [1.165, 1.54) is 0 Å². The lowest BCUT2D eigenvalue weighted by molar-refractivity contribution is -0.121. The Balaban J connectivity index is 2.81. The van der Waals surface area contributed by atoms with Gasteiger partial charge in [0, 0.05) is 17.8 Å². The number of ether oxygens (including phenoxy) is 1. The maximum Gasteiger partial charge on any atom is 0.242 e. The van der Waals surface area contributed by atoms with Crippen LogP contribution in [-0.2, 0) is 14.8 Å². The summed E-state index contributed by atoms with van der Waals surface area (Å²) in [7, 11) is -3.61. The Bertz CT molecular complexity index is 768. The molecule has 1 aromatic carbocycles. The van der Waals surface area contributed by atoms with Gasteiger partial charge in [-0.15, -0.1) is 0 Å². The predicted octanol–water partition coefficient (Wildman–Crippen LogP) is 1.03. The lowest BCUT2D eigenvalue weighted by Gasteiger charge is -2.20. The first-order valence-electron chi connectivity index (χ1n) is 8.97. The van der Waals surface area contributed by atoms with Crippen molar-refractivity contribution in [1.29, 1.82) is 0 Å². The van der Waals surface area contributed by atoms with Crippen molar-refractivity contribution in [2.75, 3.05) is 24.2 Å². The van der Waals surface area contributed by atoms with Crippen LogP contribution < -0.4 is 25.8 Å². The van der Waals surface area contributed by atoms with E-state index in [2.05, 4.69) is 20.9 Å². The first-order valence-corrected chi connectivity index (χ1v) is 10.7. The highest BCUT2D eigenvalue weighted by Gasteiger charge is 2.13. The molecule has 28 heavy (non-hydrogen) atoms. The summed E-state index contributed by atoms with van der Waals surface area (Å²) in [4.78, 5) is 16.2.